The van der Waals surface area contributed by atoms with Crippen molar-refractivity contribution in [2.75, 3.05) is 6.54 Å². The molecular weight excluding hydrogens is 298 g/mol. The minimum atomic E-state index is 0.0532. The Balaban J connectivity index is 2.23. The van der Waals surface area contributed by atoms with E-state index in [1.807, 2.05) is 35.0 Å². The Morgan fingerprint density at radius 2 is 1.94 bits per heavy atom. The lowest BCUT2D eigenvalue weighted by molar-refractivity contribution is 0.103. The average Bonchev–Trinajstić information content (AvgIpc) is 2.76. The molecule has 1 heterocycles. The Bertz CT molecular complexity index is 518. The van der Waals surface area contributed by atoms with Crippen LogP contribution in [0.1, 0.15) is 21.5 Å². The fourth-order valence-electron chi connectivity index (χ4n) is 1.59. The average molecular weight is 310 g/mol. The number of halogens is 1. The molecule has 0 aliphatic carbocycles. The summed E-state index contributed by atoms with van der Waals surface area (Å²) >= 11 is 4.89. The molecule has 0 aliphatic heterocycles. The van der Waals surface area contributed by atoms with Gasteiger partial charge < -0.3 is 5.73 Å². The topological polar surface area (TPSA) is 43.1 Å². The standard InChI is InChI=1S/C13H12BrNOS/c14-12-8-17-7-11(12)13(16)10-3-1-9(2-4-10)5-6-15/h1-4,7-8H,5-6,15H2. The first-order chi connectivity index (χ1) is 8.22. The van der Waals surface area contributed by atoms with E-state index in [0.29, 0.717) is 12.1 Å². The SMILES string of the molecule is NCCc1ccc(C(=O)c2cscc2Br)cc1. The molecule has 0 saturated carbocycles. The predicted molar refractivity (Wildman–Crippen MR) is 74.7 cm³/mol. The quantitative estimate of drug-likeness (QED) is 0.881. The van der Waals surface area contributed by atoms with Crippen molar-refractivity contribution in [3.63, 3.8) is 0 Å². The molecule has 88 valence electrons. The highest BCUT2D eigenvalue weighted by Crippen LogP contribution is 2.24. The summed E-state index contributed by atoms with van der Waals surface area (Å²) in [4.78, 5) is 12.1. The number of carbonyl (C=O) groups excluding carboxylic acids is 1. The number of nitrogens with two attached hydrogens (primary N) is 1. The maximum Gasteiger partial charge on any atom is 0.194 e. The van der Waals surface area contributed by atoms with Gasteiger partial charge in [0, 0.05) is 26.4 Å². The summed E-state index contributed by atoms with van der Waals surface area (Å²) in [5.41, 5.74) is 8.08. The van der Waals surface area contributed by atoms with Crippen LogP contribution in [0, 0.1) is 0 Å². The molecule has 0 fully saturated rings. The van der Waals surface area contributed by atoms with Crippen molar-refractivity contribution in [2.24, 2.45) is 5.73 Å². The molecule has 0 radical (unpaired) electrons. The van der Waals surface area contributed by atoms with Crippen LogP contribution in [0.3, 0.4) is 0 Å². The number of rotatable bonds is 4. The van der Waals surface area contributed by atoms with Gasteiger partial charge in [-0.15, -0.1) is 0 Å². The van der Waals surface area contributed by atoms with Crippen molar-refractivity contribution in [3.05, 3.63) is 56.2 Å². The molecular formula is C13H12BrNOS. The summed E-state index contributed by atoms with van der Waals surface area (Å²) in [5.74, 6) is 0.0532. The van der Waals surface area contributed by atoms with Gasteiger partial charge in [-0.05, 0) is 34.5 Å². The van der Waals surface area contributed by atoms with E-state index >= 15 is 0 Å². The largest absolute Gasteiger partial charge is 0.330 e. The molecule has 0 aliphatic rings. The molecule has 1 aromatic heterocycles. The molecule has 2 nitrogen and oxygen atoms in total. The zero-order valence-corrected chi connectivity index (χ0v) is 11.6. The van der Waals surface area contributed by atoms with Gasteiger partial charge in [0.1, 0.15) is 0 Å². The van der Waals surface area contributed by atoms with E-state index in [1.165, 1.54) is 11.3 Å². The van der Waals surface area contributed by atoms with Crippen LogP contribution in [0.2, 0.25) is 0 Å². The van der Waals surface area contributed by atoms with Crippen molar-refractivity contribution in [1.29, 1.82) is 0 Å². The summed E-state index contributed by atoms with van der Waals surface area (Å²) in [6.07, 6.45) is 0.844. The highest BCUT2D eigenvalue weighted by Gasteiger charge is 2.12. The van der Waals surface area contributed by atoms with Gasteiger partial charge in [-0.2, -0.15) is 11.3 Å². The molecule has 0 amide bonds. The first kappa shape index (κ1) is 12.5. The minimum absolute atomic E-state index is 0.0532. The van der Waals surface area contributed by atoms with Crippen LogP contribution in [-0.4, -0.2) is 12.3 Å². The van der Waals surface area contributed by atoms with Crippen LogP contribution >= 0.6 is 27.3 Å². The van der Waals surface area contributed by atoms with E-state index in [1.54, 1.807) is 0 Å². The van der Waals surface area contributed by atoms with E-state index in [9.17, 15) is 4.79 Å². The molecule has 0 atom stereocenters. The molecule has 4 heteroatoms. The van der Waals surface area contributed by atoms with Crippen LogP contribution < -0.4 is 5.73 Å². The van der Waals surface area contributed by atoms with Crippen LogP contribution in [0.5, 0.6) is 0 Å². The lowest BCUT2D eigenvalue weighted by Crippen LogP contribution is -2.04. The summed E-state index contributed by atoms with van der Waals surface area (Å²) in [7, 11) is 0. The Morgan fingerprint density at radius 3 is 2.47 bits per heavy atom. The molecule has 2 rings (SSSR count). The second kappa shape index (κ2) is 5.58. The van der Waals surface area contributed by atoms with Crippen molar-refractivity contribution >= 4 is 33.0 Å². The third-order valence-corrected chi connectivity index (χ3v) is 4.21. The van der Waals surface area contributed by atoms with E-state index < -0.39 is 0 Å². The zero-order valence-electron chi connectivity index (χ0n) is 9.15. The Kier molecular flexibility index (Phi) is 4.10. The van der Waals surface area contributed by atoms with E-state index in [2.05, 4.69) is 15.9 Å². The number of hydrogen-bond donors (Lipinski definition) is 1. The number of carbonyl (C=O) groups is 1. The second-order valence-electron chi connectivity index (χ2n) is 3.70. The van der Waals surface area contributed by atoms with Gasteiger partial charge in [0.15, 0.2) is 5.78 Å². The number of ketones is 1. The van der Waals surface area contributed by atoms with Crippen LogP contribution in [0.25, 0.3) is 0 Å². The smallest absolute Gasteiger partial charge is 0.194 e. The lowest BCUT2D eigenvalue weighted by Gasteiger charge is -2.02. The fourth-order valence-corrected chi connectivity index (χ4v) is 3.04. The van der Waals surface area contributed by atoms with Crippen molar-refractivity contribution in [3.8, 4) is 0 Å². The maximum atomic E-state index is 12.1. The third kappa shape index (κ3) is 2.83. The fraction of sp³-hybridized carbons (Fsp3) is 0.154. The van der Waals surface area contributed by atoms with Gasteiger partial charge in [-0.1, -0.05) is 24.3 Å². The third-order valence-electron chi connectivity index (χ3n) is 2.51. The molecule has 1 aromatic carbocycles. The maximum absolute atomic E-state index is 12.1. The van der Waals surface area contributed by atoms with Crippen LogP contribution in [-0.2, 0) is 6.42 Å². The van der Waals surface area contributed by atoms with E-state index in [-0.39, 0.29) is 5.78 Å². The second-order valence-corrected chi connectivity index (χ2v) is 5.30. The summed E-state index contributed by atoms with van der Waals surface area (Å²) < 4.78 is 0.860. The van der Waals surface area contributed by atoms with Gasteiger partial charge in [0.05, 0.1) is 0 Å². The first-order valence-corrected chi connectivity index (χ1v) is 7.01. The molecule has 2 N–H and O–H groups in total. The normalized spacial score (nSPS) is 10.5. The molecule has 0 spiro atoms. The predicted octanol–water partition coefficient (Wildman–Crippen LogP) is 3.24. The number of thiophene rings is 1. The molecule has 0 bridgehead atoms. The minimum Gasteiger partial charge on any atom is -0.330 e. The Labute approximate surface area is 113 Å². The van der Waals surface area contributed by atoms with Crippen LogP contribution in [0.4, 0.5) is 0 Å². The van der Waals surface area contributed by atoms with Crippen molar-refractivity contribution in [1.82, 2.24) is 0 Å². The van der Waals surface area contributed by atoms with Crippen LogP contribution in [0.15, 0.2) is 39.5 Å². The summed E-state index contributed by atoms with van der Waals surface area (Å²) in [5, 5.41) is 3.77. The van der Waals surface area contributed by atoms with Crippen molar-refractivity contribution in [2.45, 2.75) is 6.42 Å². The first-order valence-electron chi connectivity index (χ1n) is 5.28. The summed E-state index contributed by atoms with van der Waals surface area (Å²) in [6.45, 7) is 0.628. The Hall–Kier alpha value is -0.970. The van der Waals surface area contributed by atoms with E-state index in [4.69, 9.17) is 5.73 Å². The molecule has 0 unspecified atom stereocenters. The number of hydrogen-bond acceptors (Lipinski definition) is 3. The zero-order chi connectivity index (χ0) is 12.3. The van der Waals surface area contributed by atoms with Gasteiger partial charge in [0.2, 0.25) is 0 Å². The van der Waals surface area contributed by atoms with Gasteiger partial charge in [-0.3, -0.25) is 4.79 Å². The molecule has 2 aromatic rings. The highest BCUT2D eigenvalue weighted by atomic mass is 79.9. The van der Waals surface area contributed by atoms with E-state index in [0.717, 1.165) is 22.0 Å². The monoisotopic (exact) mass is 309 g/mol. The highest BCUT2D eigenvalue weighted by molar-refractivity contribution is 9.10. The van der Waals surface area contributed by atoms with Crippen molar-refractivity contribution < 1.29 is 4.79 Å². The summed E-state index contributed by atoms with van der Waals surface area (Å²) in [6, 6.07) is 7.63. The molecule has 17 heavy (non-hydrogen) atoms. The number of benzene rings is 1. The lowest BCUT2D eigenvalue weighted by atomic mass is 10.0. The van der Waals surface area contributed by atoms with Gasteiger partial charge in [0.25, 0.3) is 0 Å². The Morgan fingerprint density at radius 1 is 1.24 bits per heavy atom. The van der Waals surface area contributed by atoms with Gasteiger partial charge in [-0.25, -0.2) is 0 Å². The molecule has 0 saturated heterocycles. The van der Waals surface area contributed by atoms with Gasteiger partial charge >= 0.3 is 0 Å².